The van der Waals surface area contributed by atoms with Gasteiger partial charge in [-0.15, -0.1) is 0 Å². The number of halogens is 1. The molecule has 0 unspecified atom stereocenters. The molecule has 1 aliphatic heterocycles. The number of nitrogens with one attached hydrogen (secondary N) is 1. The second-order valence-corrected chi connectivity index (χ2v) is 6.74. The van der Waals surface area contributed by atoms with Crippen LogP contribution in [-0.2, 0) is 9.53 Å². The molecule has 6 heteroatoms. The van der Waals surface area contributed by atoms with Gasteiger partial charge in [-0.25, -0.2) is 0 Å². The van der Waals surface area contributed by atoms with Gasteiger partial charge in [0.1, 0.15) is 5.75 Å². The van der Waals surface area contributed by atoms with Gasteiger partial charge < -0.3 is 19.7 Å². The Balaban J connectivity index is 1.73. The van der Waals surface area contributed by atoms with Gasteiger partial charge >= 0.3 is 0 Å². The minimum absolute atomic E-state index is 0.0395. The maximum absolute atomic E-state index is 12.7. The molecule has 1 heterocycles. The van der Waals surface area contributed by atoms with E-state index < -0.39 is 6.10 Å². The van der Waals surface area contributed by atoms with E-state index in [1.807, 2.05) is 31.2 Å². The van der Waals surface area contributed by atoms with Gasteiger partial charge in [0.2, 0.25) is 0 Å². The van der Waals surface area contributed by atoms with Crippen molar-refractivity contribution in [2.45, 2.75) is 19.1 Å². The number of nitrogens with zero attached hydrogens (tertiary/aromatic N) is 1. The lowest BCUT2D eigenvalue weighted by molar-refractivity contribution is -0.134. The van der Waals surface area contributed by atoms with E-state index >= 15 is 0 Å². The third-order valence-electron chi connectivity index (χ3n) is 4.39. The number of hydrogen-bond donors (Lipinski definition) is 1. The van der Waals surface area contributed by atoms with Crippen LogP contribution in [0.3, 0.4) is 0 Å². The molecule has 1 saturated heterocycles. The van der Waals surface area contributed by atoms with Gasteiger partial charge in [0.15, 0.2) is 6.10 Å². The summed E-state index contributed by atoms with van der Waals surface area (Å²) in [5.74, 6) is 0.598. The van der Waals surface area contributed by atoms with Crippen molar-refractivity contribution in [3.05, 3.63) is 59.1 Å². The minimum Gasteiger partial charge on any atom is -0.478 e. The molecule has 1 N–H and O–H groups in total. The molecule has 3 rings (SSSR count). The summed E-state index contributed by atoms with van der Waals surface area (Å²) < 4.78 is 11.0. The first-order chi connectivity index (χ1) is 12.6. The second-order valence-electron chi connectivity index (χ2n) is 6.30. The lowest BCUT2D eigenvalue weighted by Crippen LogP contribution is -2.70. The number of methoxy groups -OCH3 is 1. The molecule has 138 valence electrons. The highest BCUT2D eigenvalue weighted by molar-refractivity contribution is 6.30. The largest absolute Gasteiger partial charge is 0.478 e. The molecule has 1 aliphatic rings. The Bertz CT molecular complexity index is 734. The van der Waals surface area contributed by atoms with Gasteiger partial charge in [0, 0.05) is 30.9 Å². The van der Waals surface area contributed by atoms with Gasteiger partial charge in [-0.3, -0.25) is 4.79 Å². The number of benzene rings is 2. The van der Waals surface area contributed by atoms with Crippen LogP contribution in [0.15, 0.2) is 48.5 Å². The number of ether oxygens (including phenoxy) is 2. The van der Waals surface area contributed by atoms with Crippen LogP contribution in [0.5, 0.6) is 5.75 Å². The summed E-state index contributed by atoms with van der Waals surface area (Å²) >= 11 is 5.92. The van der Waals surface area contributed by atoms with Crippen molar-refractivity contribution >= 4 is 23.2 Å². The third-order valence-corrected chi connectivity index (χ3v) is 4.64. The summed E-state index contributed by atoms with van der Waals surface area (Å²) in [5, 5.41) is 3.96. The van der Waals surface area contributed by atoms with Crippen LogP contribution in [0.2, 0.25) is 5.02 Å². The Morgan fingerprint density at radius 2 is 1.81 bits per heavy atom. The highest BCUT2D eigenvalue weighted by atomic mass is 35.5. The van der Waals surface area contributed by atoms with Crippen LogP contribution < -0.4 is 15.0 Å². The van der Waals surface area contributed by atoms with Gasteiger partial charge in [0.05, 0.1) is 12.6 Å². The number of rotatable bonds is 8. The van der Waals surface area contributed by atoms with Crippen LogP contribution in [0.4, 0.5) is 5.69 Å². The van der Waals surface area contributed by atoms with Crippen LogP contribution in [0.25, 0.3) is 0 Å². The summed E-state index contributed by atoms with van der Waals surface area (Å²) in [6.07, 6.45) is -0.521. The summed E-state index contributed by atoms with van der Waals surface area (Å²) in [6.45, 7) is 3.99. The van der Waals surface area contributed by atoms with E-state index in [2.05, 4.69) is 5.32 Å². The zero-order chi connectivity index (χ0) is 18.5. The SMILES string of the molecule is COCCNC[C@H]1[C@@H](Oc2ccc(Cl)cc2)C(=O)N1c1ccc(C)cc1. The third kappa shape index (κ3) is 4.18. The van der Waals surface area contributed by atoms with E-state index in [1.54, 1.807) is 36.3 Å². The minimum atomic E-state index is -0.521. The highest BCUT2D eigenvalue weighted by Crippen LogP contribution is 2.31. The Hall–Kier alpha value is -2.08. The number of anilines is 1. The molecule has 1 amide bonds. The molecule has 26 heavy (non-hydrogen) atoms. The van der Waals surface area contributed by atoms with Gasteiger partial charge in [-0.1, -0.05) is 29.3 Å². The summed E-state index contributed by atoms with van der Waals surface area (Å²) in [4.78, 5) is 14.5. The Kier molecular flexibility index (Phi) is 6.14. The number of β-lactam (4-membered cyclic amide) rings is 1. The number of amides is 1. The topological polar surface area (TPSA) is 50.8 Å². The fourth-order valence-corrected chi connectivity index (χ4v) is 3.08. The quantitative estimate of drug-likeness (QED) is 0.570. The van der Waals surface area contributed by atoms with Crippen LogP contribution in [-0.4, -0.2) is 44.9 Å². The average Bonchev–Trinajstić information content (AvgIpc) is 2.65. The Morgan fingerprint density at radius 1 is 1.12 bits per heavy atom. The van der Waals surface area contributed by atoms with Crippen LogP contribution in [0, 0.1) is 6.92 Å². The lowest BCUT2D eigenvalue weighted by atomic mass is 9.96. The molecule has 5 nitrogen and oxygen atoms in total. The molecule has 0 aliphatic carbocycles. The predicted molar refractivity (Wildman–Crippen MR) is 103 cm³/mol. The molecule has 1 fully saturated rings. The van der Waals surface area contributed by atoms with E-state index in [9.17, 15) is 4.79 Å². The lowest BCUT2D eigenvalue weighted by Gasteiger charge is -2.46. The zero-order valence-corrected chi connectivity index (χ0v) is 15.7. The van der Waals surface area contributed by atoms with Crippen LogP contribution in [0.1, 0.15) is 5.56 Å². The molecule has 0 spiro atoms. The molecule has 0 saturated carbocycles. The molecule has 2 aromatic rings. The van der Waals surface area contributed by atoms with Gasteiger partial charge in [-0.2, -0.15) is 0 Å². The molecule has 2 aromatic carbocycles. The van der Waals surface area contributed by atoms with Crippen molar-refractivity contribution in [2.24, 2.45) is 0 Å². The van der Waals surface area contributed by atoms with E-state index in [-0.39, 0.29) is 11.9 Å². The Morgan fingerprint density at radius 3 is 2.46 bits per heavy atom. The standard InChI is InChI=1S/C20H23ClN2O3/c1-14-3-7-16(8-4-14)23-18(13-22-11-12-25-2)19(20(23)24)26-17-9-5-15(21)6-10-17/h3-10,18-19,22H,11-13H2,1-2H3/t18-,19+/m0/s1. The molecular formula is C20H23ClN2O3. The van der Waals surface area contributed by atoms with Crippen LogP contribution >= 0.6 is 11.6 Å². The number of aryl methyl sites for hydroxylation is 1. The van der Waals surface area contributed by atoms with E-state index in [0.717, 1.165) is 17.8 Å². The zero-order valence-electron chi connectivity index (χ0n) is 14.9. The molecule has 0 radical (unpaired) electrons. The molecule has 2 atom stereocenters. The molecule has 0 bridgehead atoms. The monoisotopic (exact) mass is 374 g/mol. The molecule has 0 aromatic heterocycles. The number of carbonyl (C=O) groups is 1. The average molecular weight is 375 g/mol. The summed E-state index contributed by atoms with van der Waals surface area (Å²) in [5.41, 5.74) is 2.04. The maximum Gasteiger partial charge on any atom is 0.270 e. The Labute approximate surface area is 158 Å². The first kappa shape index (κ1) is 18.7. The normalized spacial score (nSPS) is 19.3. The van der Waals surface area contributed by atoms with Gasteiger partial charge in [0.25, 0.3) is 5.91 Å². The smallest absolute Gasteiger partial charge is 0.270 e. The van der Waals surface area contributed by atoms with Crippen molar-refractivity contribution < 1.29 is 14.3 Å². The maximum atomic E-state index is 12.7. The van der Waals surface area contributed by atoms with Crippen molar-refractivity contribution in [1.82, 2.24) is 5.32 Å². The second kappa shape index (κ2) is 8.54. The first-order valence-corrected chi connectivity index (χ1v) is 8.99. The van der Waals surface area contributed by atoms with E-state index in [4.69, 9.17) is 21.1 Å². The van der Waals surface area contributed by atoms with E-state index in [0.29, 0.717) is 23.9 Å². The van der Waals surface area contributed by atoms with Crippen molar-refractivity contribution in [1.29, 1.82) is 0 Å². The fourth-order valence-electron chi connectivity index (χ4n) is 2.95. The predicted octanol–water partition coefficient (Wildman–Crippen LogP) is 3.05. The first-order valence-electron chi connectivity index (χ1n) is 8.62. The van der Waals surface area contributed by atoms with Gasteiger partial charge in [-0.05, 0) is 43.3 Å². The van der Waals surface area contributed by atoms with Crippen molar-refractivity contribution in [2.75, 3.05) is 31.7 Å². The summed E-state index contributed by atoms with van der Waals surface area (Å²) in [7, 11) is 1.67. The fraction of sp³-hybridized carbons (Fsp3) is 0.350. The molecular weight excluding hydrogens is 352 g/mol. The highest BCUT2D eigenvalue weighted by Gasteiger charge is 2.49. The number of carbonyl (C=O) groups excluding carboxylic acids is 1. The van der Waals surface area contributed by atoms with Crippen molar-refractivity contribution in [3.63, 3.8) is 0 Å². The van der Waals surface area contributed by atoms with Crippen molar-refractivity contribution in [3.8, 4) is 5.75 Å². The van der Waals surface area contributed by atoms with E-state index in [1.165, 1.54) is 0 Å². The number of hydrogen-bond acceptors (Lipinski definition) is 4. The summed E-state index contributed by atoms with van der Waals surface area (Å²) in [6, 6.07) is 14.9.